The number of aliphatic hydroxyl groups is 1. The van der Waals surface area contributed by atoms with Crippen LogP contribution in [0.1, 0.15) is 50.5 Å². The van der Waals surface area contributed by atoms with Crippen molar-refractivity contribution in [2.45, 2.75) is 73.6 Å². The van der Waals surface area contributed by atoms with Gasteiger partial charge >= 0.3 is 0 Å². The molecule has 29 heavy (non-hydrogen) atoms. The van der Waals surface area contributed by atoms with Crippen molar-refractivity contribution in [2.24, 2.45) is 0 Å². The summed E-state index contributed by atoms with van der Waals surface area (Å²) in [6, 6.07) is 6.58. The second-order valence-electron chi connectivity index (χ2n) is 8.45. The van der Waals surface area contributed by atoms with Gasteiger partial charge in [-0.2, -0.15) is 8.42 Å². The summed E-state index contributed by atoms with van der Waals surface area (Å²) in [6.45, 7) is 3.21. The van der Waals surface area contributed by atoms with Gasteiger partial charge in [-0.1, -0.05) is 29.8 Å². The highest BCUT2D eigenvalue weighted by atomic mass is 32.2. The first-order valence-corrected chi connectivity index (χ1v) is 11.9. The zero-order valence-electron chi connectivity index (χ0n) is 16.9. The second-order valence-corrected chi connectivity index (χ2v) is 10.1. The molecule has 1 aromatic rings. The molecule has 4 rings (SSSR count). The molecule has 2 aliphatic heterocycles. The Morgan fingerprint density at radius 2 is 1.83 bits per heavy atom. The monoisotopic (exact) mass is 422 g/mol. The van der Waals surface area contributed by atoms with Crippen LogP contribution in [0.3, 0.4) is 0 Å². The summed E-state index contributed by atoms with van der Waals surface area (Å²) in [6.07, 6.45) is 8.79. The SMILES string of the molecule is Cc1ccc(S(=O)(=O)OCCC[C@@]2(O)C=CC[C@@]3(CCCO3)[C@@]23CCCO3)cc1. The van der Waals surface area contributed by atoms with Crippen molar-refractivity contribution in [3.05, 3.63) is 42.0 Å². The number of hydrogen-bond donors (Lipinski definition) is 1. The van der Waals surface area contributed by atoms with Gasteiger partial charge in [0.15, 0.2) is 0 Å². The fourth-order valence-electron chi connectivity index (χ4n) is 5.22. The number of aryl methyl sites for hydroxylation is 1. The van der Waals surface area contributed by atoms with Gasteiger partial charge in [-0.15, -0.1) is 0 Å². The highest BCUT2D eigenvalue weighted by molar-refractivity contribution is 7.86. The molecule has 2 saturated heterocycles. The van der Waals surface area contributed by atoms with Crippen LogP contribution >= 0.6 is 0 Å². The van der Waals surface area contributed by atoms with Gasteiger partial charge in [0.05, 0.1) is 11.5 Å². The van der Waals surface area contributed by atoms with E-state index in [1.165, 1.54) is 0 Å². The van der Waals surface area contributed by atoms with Gasteiger partial charge in [0.25, 0.3) is 10.1 Å². The predicted octanol–water partition coefficient (Wildman–Crippen LogP) is 3.27. The third-order valence-electron chi connectivity index (χ3n) is 6.65. The van der Waals surface area contributed by atoms with Crippen LogP contribution in [0, 0.1) is 6.92 Å². The molecule has 0 saturated carbocycles. The average molecular weight is 423 g/mol. The topological polar surface area (TPSA) is 82.1 Å². The van der Waals surface area contributed by atoms with Crippen molar-refractivity contribution >= 4 is 10.1 Å². The van der Waals surface area contributed by atoms with Gasteiger partial charge in [-0.05, 0) is 64.0 Å². The Bertz CT molecular complexity index is 848. The lowest BCUT2D eigenvalue weighted by molar-refractivity contribution is -0.244. The summed E-state index contributed by atoms with van der Waals surface area (Å²) in [5.74, 6) is 0. The van der Waals surface area contributed by atoms with E-state index in [9.17, 15) is 13.5 Å². The van der Waals surface area contributed by atoms with Gasteiger partial charge in [-0.25, -0.2) is 0 Å². The van der Waals surface area contributed by atoms with E-state index in [1.807, 2.05) is 19.1 Å². The Balaban J connectivity index is 1.44. The lowest BCUT2D eigenvalue weighted by Crippen LogP contribution is -2.68. The molecule has 1 aliphatic carbocycles. The molecular weight excluding hydrogens is 392 g/mol. The molecule has 3 atom stereocenters. The van der Waals surface area contributed by atoms with Crippen LogP contribution in [0.4, 0.5) is 0 Å². The van der Waals surface area contributed by atoms with Gasteiger partial charge in [-0.3, -0.25) is 4.18 Å². The van der Waals surface area contributed by atoms with Crippen molar-refractivity contribution in [1.82, 2.24) is 0 Å². The van der Waals surface area contributed by atoms with Crippen molar-refractivity contribution in [1.29, 1.82) is 0 Å². The van der Waals surface area contributed by atoms with Crippen LogP contribution in [0.25, 0.3) is 0 Å². The summed E-state index contributed by atoms with van der Waals surface area (Å²) in [5, 5.41) is 11.6. The smallest absolute Gasteiger partial charge is 0.296 e. The van der Waals surface area contributed by atoms with E-state index < -0.39 is 26.9 Å². The second kappa shape index (κ2) is 7.78. The number of ether oxygens (including phenoxy) is 2. The summed E-state index contributed by atoms with van der Waals surface area (Å²) in [5.41, 5.74) is -1.45. The normalized spacial score (nSPS) is 34.4. The third-order valence-corrected chi connectivity index (χ3v) is 7.98. The molecule has 2 heterocycles. The summed E-state index contributed by atoms with van der Waals surface area (Å²) in [7, 11) is -3.81. The molecule has 1 aromatic carbocycles. The summed E-state index contributed by atoms with van der Waals surface area (Å²) >= 11 is 0. The molecular formula is C22H30O6S. The van der Waals surface area contributed by atoms with Crippen molar-refractivity contribution in [3.63, 3.8) is 0 Å². The maximum Gasteiger partial charge on any atom is 0.296 e. The number of fused-ring (bicyclic) bond motifs is 1. The van der Waals surface area contributed by atoms with Crippen molar-refractivity contribution in [3.8, 4) is 0 Å². The minimum Gasteiger partial charge on any atom is -0.383 e. The molecule has 2 spiro atoms. The van der Waals surface area contributed by atoms with Gasteiger partial charge < -0.3 is 14.6 Å². The first kappa shape index (κ1) is 21.0. The highest BCUT2D eigenvalue weighted by Gasteiger charge is 2.66. The zero-order chi connectivity index (χ0) is 20.6. The van der Waals surface area contributed by atoms with E-state index in [0.29, 0.717) is 26.1 Å². The first-order chi connectivity index (χ1) is 13.8. The van der Waals surface area contributed by atoms with Crippen molar-refractivity contribution < 1.29 is 27.2 Å². The Kier molecular flexibility index (Phi) is 5.63. The van der Waals surface area contributed by atoms with Crippen LogP contribution < -0.4 is 0 Å². The lowest BCUT2D eigenvalue weighted by atomic mass is 9.62. The Hall–Kier alpha value is -1.25. The van der Waals surface area contributed by atoms with E-state index in [2.05, 4.69) is 0 Å². The quantitative estimate of drug-likeness (QED) is 0.430. The number of rotatable bonds is 6. The molecule has 6 nitrogen and oxygen atoms in total. The molecule has 0 aromatic heterocycles. The minimum atomic E-state index is -3.81. The Labute approximate surface area is 173 Å². The minimum absolute atomic E-state index is 0.0102. The zero-order valence-corrected chi connectivity index (χ0v) is 17.7. The van der Waals surface area contributed by atoms with Gasteiger partial charge in [0.2, 0.25) is 0 Å². The molecule has 3 aliphatic rings. The third kappa shape index (κ3) is 3.57. The fourth-order valence-corrected chi connectivity index (χ4v) is 6.17. The molecule has 0 amide bonds. The first-order valence-electron chi connectivity index (χ1n) is 10.5. The summed E-state index contributed by atoms with van der Waals surface area (Å²) < 4.78 is 42.4. The highest BCUT2D eigenvalue weighted by Crippen LogP contribution is 2.56. The van der Waals surface area contributed by atoms with E-state index in [0.717, 1.165) is 37.7 Å². The van der Waals surface area contributed by atoms with E-state index >= 15 is 0 Å². The predicted molar refractivity (Wildman–Crippen MR) is 108 cm³/mol. The summed E-state index contributed by atoms with van der Waals surface area (Å²) in [4.78, 5) is 0.147. The molecule has 0 bridgehead atoms. The number of benzene rings is 1. The Morgan fingerprint density at radius 1 is 1.10 bits per heavy atom. The largest absolute Gasteiger partial charge is 0.383 e. The van der Waals surface area contributed by atoms with Crippen LogP contribution in [-0.2, 0) is 23.8 Å². The van der Waals surface area contributed by atoms with Crippen LogP contribution in [0.15, 0.2) is 41.3 Å². The van der Waals surface area contributed by atoms with E-state index in [-0.39, 0.29) is 11.5 Å². The molecule has 0 unspecified atom stereocenters. The average Bonchev–Trinajstić information content (AvgIpc) is 3.36. The molecule has 1 N–H and O–H groups in total. The maximum atomic E-state index is 12.4. The van der Waals surface area contributed by atoms with Gasteiger partial charge in [0, 0.05) is 13.2 Å². The van der Waals surface area contributed by atoms with E-state index in [4.69, 9.17) is 13.7 Å². The maximum absolute atomic E-state index is 12.4. The molecule has 0 radical (unpaired) electrons. The van der Waals surface area contributed by atoms with Gasteiger partial charge in [0.1, 0.15) is 16.8 Å². The van der Waals surface area contributed by atoms with E-state index in [1.54, 1.807) is 24.3 Å². The lowest BCUT2D eigenvalue weighted by Gasteiger charge is -2.55. The molecule has 160 valence electrons. The number of hydrogen-bond acceptors (Lipinski definition) is 6. The van der Waals surface area contributed by atoms with Crippen molar-refractivity contribution in [2.75, 3.05) is 19.8 Å². The van der Waals surface area contributed by atoms with Crippen LogP contribution in [-0.4, -0.2) is 50.1 Å². The Morgan fingerprint density at radius 3 is 2.48 bits per heavy atom. The molecule has 2 fully saturated rings. The fraction of sp³-hybridized carbons (Fsp3) is 0.636. The van der Waals surface area contributed by atoms with Crippen LogP contribution in [0.2, 0.25) is 0 Å². The molecule has 7 heteroatoms. The van der Waals surface area contributed by atoms with Crippen LogP contribution in [0.5, 0.6) is 0 Å². The standard InChI is InChI=1S/C22H30O6S/c1-18-6-8-19(9-7-18)29(24,25)28-17-3-11-20(23)10-2-12-21(13-4-15-26-21)22(20)14-5-16-27-22/h2,6-10,23H,3-5,11-17H2,1H3/t20-,21+,22+/m0/s1.